The number of hydrogen-bond donors (Lipinski definition) is 0. The van der Waals surface area contributed by atoms with Crippen LogP contribution in [-0.2, 0) is 78.8 Å². The summed E-state index contributed by atoms with van der Waals surface area (Å²) in [5, 5.41) is 17.9. The SMILES string of the molecule is COc1nccnc1C(=O)N1CCn2nc(OCc3ccccc3)cc2C1.Cc1cc(C(=O)N2CCn3nc(OCc4ccccc4)cc3C2)ccc1F.Cc1ccc(C(=O)N2CCn3nc(OCc4ccccc4)cc3C2)cc1.Cc1ncc(C(=O)N2CCn3nc(OCc4ccccc4)cc3C2)cn1. The number of amides is 4. The van der Waals surface area contributed by atoms with Gasteiger partial charge in [0.05, 0.1) is 87.8 Å². The molecule has 106 heavy (non-hydrogen) atoms. The lowest BCUT2D eigenvalue weighted by Crippen LogP contribution is -2.39. The average Bonchev–Trinajstić information content (AvgIpc) is 1.64. The minimum atomic E-state index is -0.302. The summed E-state index contributed by atoms with van der Waals surface area (Å²) >= 11 is 0. The summed E-state index contributed by atoms with van der Waals surface area (Å²) in [4.78, 5) is 74.3. The number of benzene rings is 6. The molecule has 0 fully saturated rings. The summed E-state index contributed by atoms with van der Waals surface area (Å²) in [6, 6.07) is 59.6. The molecular weight excluding hydrogens is 1350 g/mol. The number of hydrogen-bond acceptors (Lipinski definition) is 17. The molecule has 12 aromatic rings. The van der Waals surface area contributed by atoms with E-state index in [1.165, 1.54) is 31.6 Å². The second-order valence-electron chi connectivity index (χ2n) is 25.6. The lowest BCUT2D eigenvalue weighted by Gasteiger charge is -2.27. The molecule has 25 nitrogen and oxygen atoms in total. The lowest BCUT2D eigenvalue weighted by molar-refractivity contribution is 0.0690. The maximum absolute atomic E-state index is 13.4. The highest BCUT2D eigenvalue weighted by molar-refractivity contribution is 5.96. The number of methoxy groups -OCH3 is 1. The van der Waals surface area contributed by atoms with Crippen LogP contribution in [0, 0.1) is 26.6 Å². The van der Waals surface area contributed by atoms with Gasteiger partial charge in [-0.3, -0.25) is 37.9 Å². The van der Waals surface area contributed by atoms with Gasteiger partial charge < -0.3 is 43.3 Å². The van der Waals surface area contributed by atoms with Gasteiger partial charge in [-0.25, -0.2) is 24.3 Å². The molecule has 0 saturated carbocycles. The van der Waals surface area contributed by atoms with Crippen molar-refractivity contribution in [3.8, 4) is 29.4 Å². The Balaban J connectivity index is 0.000000125. The van der Waals surface area contributed by atoms with E-state index in [-0.39, 0.29) is 41.0 Å². The van der Waals surface area contributed by atoms with E-state index in [4.69, 9.17) is 23.7 Å². The van der Waals surface area contributed by atoms with Crippen LogP contribution in [0.5, 0.6) is 29.4 Å². The van der Waals surface area contributed by atoms with Gasteiger partial charge in [0.25, 0.3) is 23.6 Å². The Labute approximate surface area is 612 Å². The standard InChI is InChI=1S/C21H20FN3O2.C21H21N3O2.C19H19N5O3.C19H19N5O2/c1-15-11-17(7-8-19(15)22)21(26)24-9-10-25-18(13-24)12-20(23-25)27-14-16-5-3-2-4-6-16;1-16-7-9-18(10-8-16)21(25)23-11-12-24-19(14-23)13-20(22-24)26-15-17-5-3-2-4-6-17;1-26-18-17(20-7-8-21-18)19(25)23-9-10-24-15(12-23)11-16(22-24)27-13-14-5-3-2-4-6-14;1-14-20-10-16(11-21-14)19(25)23-7-8-24-17(12-23)9-18(22-24)26-13-15-5-3-2-4-6-15/h2-8,11-12H,9-10,13-14H2,1H3;2-10,13H,11-12,14-15H2,1H3;2-8,11H,9-10,12-13H2,1H3;2-6,9-11H,7-8,12-13H2,1H3. The van der Waals surface area contributed by atoms with Gasteiger partial charge in [0.15, 0.2) is 5.69 Å². The third-order valence-corrected chi connectivity index (χ3v) is 18.0. The van der Waals surface area contributed by atoms with Crippen LogP contribution in [0.1, 0.15) is 104 Å². The van der Waals surface area contributed by atoms with Crippen LogP contribution < -0.4 is 23.7 Å². The van der Waals surface area contributed by atoms with Gasteiger partial charge in [-0.15, -0.1) is 20.4 Å². The fraction of sp³-hybridized carbons (Fsp3) is 0.250. The van der Waals surface area contributed by atoms with Crippen LogP contribution >= 0.6 is 0 Å². The lowest BCUT2D eigenvalue weighted by atomic mass is 10.1. The van der Waals surface area contributed by atoms with Crippen molar-refractivity contribution < 1.29 is 47.3 Å². The van der Waals surface area contributed by atoms with Crippen molar-refractivity contribution in [2.75, 3.05) is 33.3 Å². The average molecular weight is 1430 g/mol. The smallest absolute Gasteiger partial charge is 0.278 e. The number of aromatic nitrogens is 12. The Bertz CT molecular complexity index is 4810. The van der Waals surface area contributed by atoms with Gasteiger partial charge in [-0.05, 0) is 78.9 Å². The molecule has 0 bridgehead atoms. The highest BCUT2D eigenvalue weighted by Crippen LogP contribution is 2.27. The number of carbonyl (C=O) groups excluding carboxylic acids is 4. The normalized spacial score (nSPS) is 13.3. The number of fused-ring (bicyclic) bond motifs is 4. The van der Waals surface area contributed by atoms with Crippen molar-refractivity contribution in [2.24, 2.45) is 0 Å². The number of aryl methyl sites for hydroxylation is 3. The molecule has 0 radical (unpaired) electrons. The maximum atomic E-state index is 13.4. The molecule has 0 unspecified atom stereocenters. The molecule has 16 rings (SSSR count). The molecule has 4 amide bonds. The number of nitrogens with zero attached hydrogens (tertiary/aromatic N) is 16. The zero-order chi connectivity index (χ0) is 73.3. The van der Waals surface area contributed by atoms with Crippen molar-refractivity contribution in [1.82, 2.24) is 78.7 Å². The zero-order valence-corrected chi connectivity index (χ0v) is 59.2. The van der Waals surface area contributed by atoms with Gasteiger partial charge in [0.2, 0.25) is 29.4 Å². The molecule has 0 N–H and O–H groups in total. The molecule has 0 aliphatic carbocycles. The number of ether oxygens (including phenoxy) is 5. The van der Waals surface area contributed by atoms with Crippen molar-refractivity contribution in [1.29, 1.82) is 0 Å². The van der Waals surface area contributed by atoms with Gasteiger partial charge in [0.1, 0.15) is 38.1 Å². The van der Waals surface area contributed by atoms with Crippen LogP contribution in [-0.4, -0.2) is 136 Å². The van der Waals surface area contributed by atoms with E-state index in [1.54, 1.807) is 47.0 Å². The van der Waals surface area contributed by atoms with Gasteiger partial charge in [-0.2, -0.15) is 0 Å². The minimum absolute atomic E-state index is 0.0594. The second-order valence-corrected chi connectivity index (χ2v) is 25.6. The summed E-state index contributed by atoms with van der Waals surface area (Å²) in [5.41, 5.74) is 11.7. The first-order chi connectivity index (χ1) is 51.7. The molecule has 10 heterocycles. The van der Waals surface area contributed by atoms with Crippen LogP contribution in [0.3, 0.4) is 0 Å². The van der Waals surface area contributed by atoms with Gasteiger partial charge in [-0.1, -0.05) is 139 Å². The first kappa shape index (κ1) is 71.5. The maximum Gasteiger partial charge on any atom is 0.278 e. The van der Waals surface area contributed by atoms with Gasteiger partial charge in [0, 0.05) is 86.4 Å². The van der Waals surface area contributed by atoms with Crippen molar-refractivity contribution >= 4 is 23.6 Å². The predicted octanol–water partition coefficient (Wildman–Crippen LogP) is 11.1. The monoisotopic (exact) mass is 1430 g/mol. The second kappa shape index (κ2) is 33.9. The van der Waals surface area contributed by atoms with E-state index < -0.39 is 0 Å². The molecular formula is C80H79FN16O9. The zero-order valence-electron chi connectivity index (χ0n) is 59.2. The van der Waals surface area contributed by atoms with Gasteiger partial charge >= 0.3 is 0 Å². The Morgan fingerprint density at radius 2 is 0.717 bits per heavy atom. The third-order valence-electron chi connectivity index (χ3n) is 18.0. The number of carbonyl (C=O) groups is 4. The van der Waals surface area contributed by atoms with Crippen LogP contribution in [0.25, 0.3) is 0 Å². The molecule has 540 valence electrons. The van der Waals surface area contributed by atoms with Crippen LogP contribution in [0.2, 0.25) is 0 Å². The first-order valence-corrected chi connectivity index (χ1v) is 34.8. The number of rotatable bonds is 17. The summed E-state index contributed by atoms with van der Waals surface area (Å²) < 4.78 is 49.3. The molecule has 6 aromatic heterocycles. The Morgan fingerprint density at radius 1 is 0.377 bits per heavy atom. The topological polar surface area (TPSA) is 250 Å². The third kappa shape index (κ3) is 18.3. The first-order valence-electron chi connectivity index (χ1n) is 34.8. The van der Waals surface area contributed by atoms with Crippen LogP contribution in [0.4, 0.5) is 4.39 Å². The van der Waals surface area contributed by atoms with E-state index in [0.717, 1.165) is 56.2 Å². The summed E-state index contributed by atoms with van der Waals surface area (Å²) in [5.74, 6) is 2.56. The highest BCUT2D eigenvalue weighted by atomic mass is 19.1. The van der Waals surface area contributed by atoms with E-state index in [9.17, 15) is 23.6 Å². The molecule has 0 atom stereocenters. The fourth-order valence-corrected chi connectivity index (χ4v) is 12.2. The number of halogens is 1. The Kier molecular flexibility index (Phi) is 22.9. The molecule has 4 aliphatic rings. The molecule has 0 spiro atoms. The quantitative estimate of drug-likeness (QED) is 0.0821. The summed E-state index contributed by atoms with van der Waals surface area (Å²) in [7, 11) is 1.47. The Morgan fingerprint density at radius 3 is 1.08 bits per heavy atom. The molecule has 26 heteroatoms. The largest absolute Gasteiger partial charge is 0.479 e. The van der Waals surface area contributed by atoms with Crippen molar-refractivity contribution in [3.63, 3.8) is 0 Å². The van der Waals surface area contributed by atoms with Crippen molar-refractivity contribution in [2.45, 2.75) is 99.6 Å². The minimum Gasteiger partial charge on any atom is -0.479 e. The fourth-order valence-electron chi connectivity index (χ4n) is 12.2. The van der Waals surface area contributed by atoms with E-state index in [1.807, 2.05) is 200 Å². The van der Waals surface area contributed by atoms with E-state index in [2.05, 4.69) is 40.3 Å². The van der Waals surface area contributed by atoms with E-state index in [0.29, 0.717) is 151 Å². The highest BCUT2D eigenvalue weighted by Gasteiger charge is 2.30. The van der Waals surface area contributed by atoms with E-state index >= 15 is 0 Å². The Hall–Kier alpha value is -12.9. The molecule has 0 saturated heterocycles. The summed E-state index contributed by atoms with van der Waals surface area (Å²) in [6.45, 7) is 14.1. The molecule has 6 aromatic carbocycles. The predicted molar refractivity (Wildman–Crippen MR) is 389 cm³/mol. The van der Waals surface area contributed by atoms with Crippen LogP contribution in [0.15, 0.2) is 213 Å². The van der Waals surface area contributed by atoms with Crippen molar-refractivity contribution in [3.05, 3.63) is 303 Å². The molecule has 4 aliphatic heterocycles. The summed E-state index contributed by atoms with van der Waals surface area (Å²) in [6.07, 6.45) is 6.13.